The van der Waals surface area contributed by atoms with E-state index in [2.05, 4.69) is 90.3 Å². The van der Waals surface area contributed by atoms with Gasteiger partial charge in [0.25, 0.3) is 0 Å². The first-order valence-electron chi connectivity index (χ1n) is 18.6. The Bertz CT molecular complexity index is 2210. The third-order valence-corrected chi connectivity index (χ3v) is 12.8. The zero-order chi connectivity index (χ0) is 39.2. The van der Waals surface area contributed by atoms with Crippen LogP contribution in [0.25, 0.3) is 0 Å². The van der Waals surface area contributed by atoms with Gasteiger partial charge in [0.1, 0.15) is 0 Å². The van der Waals surface area contributed by atoms with Crippen LogP contribution in [0.2, 0.25) is 0 Å². The number of hydrogen-bond acceptors (Lipinski definition) is 9. The van der Waals surface area contributed by atoms with Crippen LogP contribution in [-0.4, -0.2) is 33.6 Å². The van der Waals surface area contributed by atoms with Crippen LogP contribution in [0.3, 0.4) is 0 Å². The maximum Gasteiger partial charge on any atom is 0.0765 e. The van der Waals surface area contributed by atoms with Crippen LogP contribution < -0.4 is 0 Å². The summed E-state index contributed by atoms with van der Waals surface area (Å²) >= 11 is 5.51. The zero-order valence-electron chi connectivity index (χ0n) is 32.1. The highest BCUT2D eigenvalue weighted by molar-refractivity contribution is 7.99. The molecule has 0 amide bonds. The van der Waals surface area contributed by atoms with E-state index >= 15 is 0 Å². The number of aromatic nitrogens is 3. The summed E-state index contributed by atoms with van der Waals surface area (Å²) in [6.45, 7) is 6.89. The maximum absolute atomic E-state index is 4.87. The molecule has 0 atom stereocenters. The third kappa shape index (κ3) is 10.6. The lowest BCUT2D eigenvalue weighted by atomic mass is 9.90. The average molecular weight is 799 g/mol. The van der Waals surface area contributed by atoms with Crippen LogP contribution in [0.4, 0.5) is 17.1 Å². The maximum atomic E-state index is 4.87. The molecule has 0 unspecified atom stereocenters. The van der Waals surface area contributed by atoms with Crippen molar-refractivity contribution in [1.82, 2.24) is 15.0 Å². The Balaban J connectivity index is 1.19. The molecule has 0 aliphatic rings. The summed E-state index contributed by atoms with van der Waals surface area (Å²) < 4.78 is 0. The minimum atomic E-state index is 0.824. The molecule has 0 bridgehead atoms. The Hall–Kier alpha value is -5.61. The predicted octanol–water partition coefficient (Wildman–Crippen LogP) is 12.9. The molecule has 9 heteroatoms. The van der Waals surface area contributed by atoms with Gasteiger partial charge in [-0.3, -0.25) is 29.9 Å². The number of para-hydroxylation sites is 3. The van der Waals surface area contributed by atoms with Gasteiger partial charge < -0.3 is 0 Å². The Morgan fingerprint density at radius 2 is 0.702 bits per heavy atom. The fraction of sp³-hybridized carbons (Fsp3) is 0.125. The molecule has 0 N–H and O–H groups in total. The molecule has 0 radical (unpaired) electrons. The molecule has 0 aliphatic carbocycles. The van der Waals surface area contributed by atoms with Crippen LogP contribution in [0.5, 0.6) is 0 Å². The van der Waals surface area contributed by atoms with E-state index in [0.29, 0.717) is 0 Å². The first kappa shape index (κ1) is 39.6. The molecule has 4 aromatic carbocycles. The summed E-state index contributed by atoms with van der Waals surface area (Å²) in [5, 5.41) is 0. The van der Waals surface area contributed by atoms with Gasteiger partial charge in [0.15, 0.2) is 0 Å². The van der Waals surface area contributed by atoms with Gasteiger partial charge in [-0.05, 0) is 109 Å². The second-order valence-electron chi connectivity index (χ2n) is 13.2. The number of aliphatic imine (C=N–C) groups is 3. The SMILES string of the molecule is Cc1c(CSc2ccccc2N=Cc2cccnc2)c(C)c(CSc2ccccc2N=Cc2cccnc2)c(C)c1CSc1ccccc1N=Cc1cccnc1. The van der Waals surface area contributed by atoms with Crippen molar-refractivity contribution in [3.05, 3.63) is 196 Å². The lowest BCUT2D eigenvalue weighted by Crippen LogP contribution is -2.06. The van der Waals surface area contributed by atoms with Gasteiger partial charge in [-0.1, -0.05) is 54.6 Å². The average Bonchev–Trinajstić information content (AvgIpc) is 3.26. The molecule has 0 saturated heterocycles. The number of thioether (sulfide) groups is 3. The van der Waals surface area contributed by atoms with Gasteiger partial charge >= 0.3 is 0 Å². The molecule has 0 fully saturated rings. The molecule has 0 aliphatic heterocycles. The Morgan fingerprint density at radius 3 is 0.982 bits per heavy atom. The summed E-state index contributed by atoms with van der Waals surface area (Å²) in [7, 11) is 0. The summed E-state index contributed by atoms with van der Waals surface area (Å²) in [5.41, 5.74) is 13.9. The minimum absolute atomic E-state index is 0.824. The largest absolute Gasteiger partial charge is 0.264 e. The smallest absolute Gasteiger partial charge is 0.0765 e. The minimum Gasteiger partial charge on any atom is -0.264 e. The topological polar surface area (TPSA) is 75.8 Å². The van der Waals surface area contributed by atoms with Crippen molar-refractivity contribution in [1.29, 1.82) is 0 Å². The number of hydrogen-bond donors (Lipinski definition) is 0. The molecule has 0 saturated carbocycles. The quantitative estimate of drug-likeness (QED) is 0.0759. The monoisotopic (exact) mass is 798 g/mol. The van der Waals surface area contributed by atoms with Crippen molar-refractivity contribution < 1.29 is 0 Å². The fourth-order valence-corrected chi connectivity index (χ4v) is 9.87. The van der Waals surface area contributed by atoms with Crippen LogP contribution in [0, 0.1) is 20.8 Å². The van der Waals surface area contributed by atoms with Crippen LogP contribution in [0.15, 0.2) is 176 Å². The van der Waals surface area contributed by atoms with Crippen LogP contribution >= 0.6 is 35.3 Å². The van der Waals surface area contributed by atoms with Crippen molar-refractivity contribution in [2.24, 2.45) is 15.0 Å². The summed E-state index contributed by atoms with van der Waals surface area (Å²) in [4.78, 5) is 30.8. The predicted molar refractivity (Wildman–Crippen MR) is 243 cm³/mol. The third-order valence-electron chi connectivity index (χ3n) is 9.54. The van der Waals surface area contributed by atoms with Crippen molar-refractivity contribution >= 4 is 71.0 Å². The lowest BCUT2D eigenvalue weighted by molar-refractivity contribution is 1.10. The van der Waals surface area contributed by atoms with E-state index in [9.17, 15) is 0 Å². The van der Waals surface area contributed by atoms with Crippen molar-refractivity contribution in [3.8, 4) is 0 Å². The van der Waals surface area contributed by atoms with Crippen molar-refractivity contribution in [2.45, 2.75) is 52.7 Å². The first-order valence-corrected chi connectivity index (χ1v) is 21.6. The molecular formula is C48H42N6S3. The van der Waals surface area contributed by atoms with E-state index in [1.54, 1.807) is 18.6 Å². The number of pyridine rings is 3. The van der Waals surface area contributed by atoms with Crippen LogP contribution in [0.1, 0.15) is 50.1 Å². The van der Waals surface area contributed by atoms with Gasteiger partial charge in [0.05, 0.1) is 17.1 Å². The number of rotatable bonds is 15. The normalized spacial score (nSPS) is 11.6. The fourth-order valence-electron chi connectivity index (χ4n) is 6.34. The second-order valence-corrected chi connectivity index (χ2v) is 16.3. The molecule has 3 aromatic heterocycles. The highest BCUT2D eigenvalue weighted by Gasteiger charge is 2.19. The van der Waals surface area contributed by atoms with Gasteiger partial charge in [-0.2, -0.15) is 0 Å². The summed E-state index contributed by atoms with van der Waals surface area (Å²) in [6.07, 6.45) is 16.5. The Morgan fingerprint density at radius 1 is 0.404 bits per heavy atom. The molecule has 6 nitrogen and oxygen atoms in total. The number of benzene rings is 4. The summed E-state index contributed by atoms with van der Waals surface area (Å²) in [6, 6.07) is 37.0. The van der Waals surface area contributed by atoms with E-state index in [1.165, 1.54) is 33.4 Å². The highest BCUT2D eigenvalue weighted by atomic mass is 32.2. The highest BCUT2D eigenvalue weighted by Crippen LogP contribution is 2.41. The first-order chi connectivity index (χ1) is 28.0. The van der Waals surface area contributed by atoms with E-state index < -0.39 is 0 Å². The molecule has 282 valence electrons. The second kappa shape index (κ2) is 20.0. The number of nitrogens with zero attached hydrogens (tertiary/aromatic N) is 6. The Kier molecular flexibility index (Phi) is 13.9. The standard InChI is InChI=1S/C48H42N6S3/c1-34-40(31-55-46-19-7-4-16-43(46)52-28-37-13-10-22-49-25-37)35(2)42(33-57-48-21-9-6-18-45(48)54-30-39-15-12-24-51-27-39)36(3)41(34)32-56-47-20-8-5-17-44(47)53-29-38-14-11-23-50-26-38/h4-30H,31-33H2,1-3H3. The van der Waals surface area contributed by atoms with E-state index in [-0.39, 0.29) is 0 Å². The molecule has 0 spiro atoms. The van der Waals surface area contributed by atoms with Gasteiger partial charge in [-0.25, -0.2) is 0 Å². The van der Waals surface area contributed by atoms with E-state index in [4.69, 9.17) is 15.0 Å². The van der Waals surface area contributed by atoms with E-state index in [0.717, 1.165) is 65.7 Å². The van der Waals surface area contributed by atoms with Gasteiger partial charge in [0.2, 0.25) is 0 Å². The van der Waals surface area contributed by atoms with Gasteiger partial charge in [-0.15, -0.1) is 35.3 Å². The molecule has 7 aromatic rings. The summed E-state index contributed by atoms with van der Waals surface area (Å²) in [5.74, 6) is 2.47. The molecule has 57 heavy (non-hydrogen) atoms. The lowest BCUT2D eigenvalue weighted by Gasteiger charge is -2.23. The van der Waals surface area contributed by atoms with E-state index in [1.807, 2.05) is 127 Å². The van der Waals surface area contributed by atoms with Crippen LogP contribution in [-0.2, 0) is 17.3 Å². The molecular weight excluding hydrogens is 757 g/mol. The van der Waals surface area contributed by atoms with Gasteiger partial charge in [0, 0.05) is 104 Å². The zero-order valence-corrected chi connectivity index (χ0v) is 34.6. The molecule has 3 heterocycles. The van der Waals surface area contributed by atoms with Crippen molar-refractivity contribution in [3.63, 3.8) is 0 Å². The Labute approximate surface area is 348 Å². The van der Waals surface area contributed by atoms with Crippen molar-refractivity contribution in [2.75, 3.05) is 0 Å². The molecule has 7 rings (SSSR count).